The molecule has 124 valence electrons. The average molecular weight is 320 g/mol. The fourth-order valence-corrected chi connectivity index (χ4v) is 1.90. The minimum absolute atomic E-state index is 0.0631. The summed E-state index contributed by atoms with van der Waals surface area (Å²) in [4.78, 5) is 23.1. The Morgan fingerprint density at radius 1 is 1.00 bits per heavy atom. The normalized spacial score (nSPS) is 12.0. The number of carbonyl (C=O) groups is 2. The molecule has 0 fully saturated rings. The molecule has 0 aliphatic rings. The van der Waals surface area contributed by atoms with Crippen LogP contribution in [0.1, 0.15) is 58.3 Å². The smallest absolute Gasteiger partial charge is 0.319 e. The lowest BCUT2D eigenvalue weighted by Gasteiger charge is -2.10. The Morgan fingerprint density at radius 3 is 2.24 bits per heavy atom. The van der Waals surface area contributed by atoms with Crippen LogP contribution in [0.15, 0.2) is 0 Å². The Labute approximate surface area is 132 Å². The molecule has 1 N–H and O–H groups in total. The molecule has 0 amide bonds. The molecule has 1 unspecified atom stereocenters. The predicted molar refractivity (Wildman–Crippen MR) is 84.4 cm³/mol. The predicted octanol–water partition coefficient (Wildman–Crippen LogP) is 2.50. The number of ether oxygens (including phenoxy) is 2. The fraction of sp³-hybridized carbons (Fsp3) is 0.867. The third kappa shape index (κ3) is 12.7. The molecule has 0 radical (unpaired) electrons. The number of unbranched alkanes of at least 4 members (excludes halogenated alkanes) is 5. The first kappa shape index (κ1) is 20.2. The number of hydrogen-bond acceptors (Lipinski definition) is 6. The van der Waals surface area contributed by atoms with E-state index in [1.807, 2.05) is 0 Å². The first-order valence-electron chi connectivity index (χ1n) is 7.73. The Bertz CT molecular complexity index is 283. The highest BCUT2D eigenvalue weighted by Crippen LogP contribution is 2.07. The maximum Gasteiger partial charge on any atom is 0.319 e. The van der Waals surface area contributed by atoms with E-state index in [0.29, 0.717) is 26.1 Å². The first-order chi connectivity index (χ1) is 10.1. The molecule has 5 nitrogen and oxygen atoms in total. The van der Waals surface area contributed by atoms with Gasteiger partial charge in [-0.2, -0.15) is 12.6 Å². The van der Waals surface area contributed by atoms with Crippen molar-refractivity contribution in [1.29, 1.82) is 0 Å². The van der Waals surface area contributed by atoms with E-state index < -0.39 is 17.2 Å². The summed E-state index contributed by atoms with van der Waals surface area (Å²) in [6, 6.07) is 0. The molecule has 0 heterocycles. The van der Waals surface area contributed by atoms with Crippen molar-refractivity contribution in [3.8, 4) is 0 Å². The summed E-state index contributed by atoms with van der Waals surface area (Å²) < 4.78 is 10.0. The van der Waals surface area contributed by atoms with Gasteiger partial charge in [-0.05, 0) is 25.7 Å². The summed E-state index contributed by atoms with van der Waals surface area (Å²) in [5.41, 5.74) is 0. The Balaban J connectivity index is 3.62. The molecule has 0 rings (SSSR count). The van der Waals surface area contributed by atoms with Crippen LogP contribution in [0.25, 0.3) is 0 Å². The van der Waals surface area contributed by atoms with Gasteiger partial charge in [-0.25, -0.2) is 0 Å². The molecule has 0 aromatic heterocycles. The Hall–Kier alpha value is -0.750. The van der Waals surface area contributed by atoms with Crippen LogP contribution < -0.4 is 0 Å². The van der Waals surface area contributed by atoms with Crippen LogP contribution in [0.2, 0.25) is 0 Å². The molecule has 0 aliphatic heterocycles. The van der Waals surface area contributed by atoms with E-state index in [-0.39, 0.29) is 13.0 Å². The zero-order valence-electron chi connectivity index (χ0n) is 12.9. The molecule has 6 heteroatoms. The highest BCUT2D eigenvalue weighted by atomic mass is 32.1. The number of carbonyl (C=O) groups excluding carboxylic acids is 2. The van der Waals surface area contributed by atoms with Gasteiger partial charge in [0.1, 0.15) is 5.25 Å². The number of aliphatic hydroxyl groups excluding tert-OH is 1. The first-order valence-corrected chi connectivity index (χ1v) is 8.24. The van der Waals surface area contributed by atoms with Crippen LogP contribution in [-0.4, -0.2) is 42.1 Å². The Morgan fingerprint density at radius 2 is 1.62 bits per heavy atom. The van der Waals surface area contributed by atoms with Crippen LogP contribution in [-0.2, 0) is 19.1 Å². The topological polar surface area (TPSA) is 72.8 Å². The number of thiol groups is 1. The van der Waals surface area contributed by atoms with Gasteiger partial charge in [0, 0.05) is 6.61 Å². The minimum atomic E-state index is -0.772. The summed E-state index contributed by atoms with van der Waals surface area (Å²) in [7, 11) is 0. The largest absolute Gasteiger partial charge is 0.466 e. The average Bonchev–Trinajstić information content (AvgIpc) is 2.46. The fourth-order valence-electron chi connectivity index (χ4n) is 1.67. The van der Waals surface area contributed by atoms with Crippen LogP contribution in [0, 0.1) is 0 Å². The molecule has 0 saturated heterocycles. The second-order valence-corrected chi connectivity index (χ2v) is 5.58. The number of esters is 2. The third-order valence-electron chi connectivity index (χ3n) is 2.94. The molecule has 0 bridgehead atoms. The van der Waals surface area contributed by atoms with E-state index in [9.17, 15) is 9.59 Å². The van der Waals surface area contributed by atoms with Crippen molar-refractivity contribution in [2.45, 2.75) is 63.5 Å². The highest BCUT2D eigenvalue weighted by molar-refractivity contribution is 7.81. The molecule has 0 saturated carbocycles. The van der Waals surface area contributed by atoms with Gasteiger partial charge in [-0.3, -0.25) is 9.59 Å². The molecule has 0 spiro atoms. The molecular weight excluding hydrogens is 292 g/mol. The van der Waals surface area contributed by atoms with Crippen molar-refractivity contribution in [2.24, 2.45) is 0 Å². The molecule has 1 atom stereocenters. The van der Waals surface area contributed by atoms with Gasteiger partial charge in [0.25, 0.3) is 0 Å². The van der Waals surface area contributed by atoms with Gasteiger partial charge in [0.15, 0.2) is 0 Å². The van der Waals surface area contributed by atoms with Gasteiger partial charge in [0.05, 0.1) is 19.6 Å². The lowest BCUT2D eigenvalue weighted by atomic mass is 10.2. The minimum Gasteiger partial charge on any atom is -0.466 e. The standard InChI is InChI=1S/C15H28O5S/c1-2-3-4-7-10-19-14(17)12-13(21)15(18)20-11-8-5-6-9-16/h13,16,21H,2-12H2,1H3. The second-order valence-electron chi connectivity index (χ2n) is 4.95. The molecule has 21 heavy (non-hydrogen) atoms. The van der Waals surface area contributed by atoms with Crippen molar-refractivity contribution in [3.63, 3.8) is 0 Å². The van der Waals surface area contributed by atoms with Gasteiger partial charge in [-0.15, -0.1) is 0 Å². The summed E-state index contributed by atoms with van der Waals surface area (Å²) in [6.07, 6.45) is 6.32. The van der Waals surface area contributed by atoms with Crippen molar-refractivity contribution in [3.05, 3.63) is 0 Å². The molecule has 0 aromatic carbocycles. The van der Waals surface area contributed by atoms with Gasteiger partial charge in [0.2, 0.25) is 0 Å². The highest BCUT2D eigenvalue weighted by Gasteiger charge is 2.20. The molecule has 0 aromatic rings. The van der Waals surface area contributed by atoms with Crippen molar-refractivity contribution < 1.29 is 24.2 Å². The maximum atomic E-state index is 11.6. The van der Waals surface area contributed by atoms with Crippen LogP contribution in [0.3, 0.4) is 0 Å². The lowest BCUT2D eigenvalue weighted by Crippen LogP contribution is -2.23. The quantitative estimate of drug-likeness (QED) is 0.310. The summed E-state index contributed by atoms with van der Waals surface area (Å²) in [5.74, 6) is -0.908. The van der Waals surface area contributed by atoms with E-state index in [1.165, 1.54) is 0 Å². The Kier molecular flexibility index (Phi) is 13.7. The van der Waals surface area contributed by atoms with Gasteiger partial charge >= 0.3 is 11.9 Å². The van der Waals surface area contributed by atoms with E-state index >= 15 is 0 Å². The van der Waals surface area contributed by atoms with Crippen molar-refractivity contribution in [2.75, 3.05) is 19.8 Å². The van der Waals surface area contributed by atoms with E-state index in [2.05, 4.69) is 19.6 Å². The second kappa shape index (κ2) is 14.2. The number of rotatable bonds is 13. The third-order valence-corrected chi connectivity index (χ3v) is 3.33. The van der Waals surface area contributed by atoms with E-state index in [4.69, 9.17) is 14.6 Å². The lowest BCUT2D eigenvalue weighted by molar-refractivity contribution is -0.149. The van der Waals surface area contributed by atoms with Crippen LogP contribution >= 0.6 is 12.6 Å². The van der Waals surface area contributed by atoms with Crippen molar-refractivity contribution in [1.82, 2.24) is 0 Å². The van der Waals surface area contributed by atoms with Gasteiger partial charge < -0.3 is 14.6 Å². The maximum absolute atomic E-state index is 11.6. The van der Waals surface area contributed by atoms with E-state index in [1.54, 1.807) is 0 Å². The zero-order chi connectivity index (χ0) is 15.9. The summed E-state index contributed by atoms with van der Waals surface area (Å²) in [6.45, 7) is 2.96. The van der Waals surface area contributed by atoms with E-state index in [0.717, 1.165) is 32.1 Å². The zero-order valence-corrected chi connectivity index (χ0v) is 13.8. The summed E-state index contributed by atoms with van der Waals surface area (Å²) >= 11 is 4.07. The number of aliphatic hydroxyl groups is 1. The van der Waals surface area contributed by atoms with Crippen molar-refractivity contribution >= 4 is 24.6 Å². The SMILES string of the molecule is CCCCCCOC(=O)CC(S)C(=O)OCCCCCO. The van der Waals surface area contributed by atoms with Crippen LogP contribution in [0.4, 0.5) is 0 Å². The molecular formula is C15H28O5S. The van der Waals surface area contributed by atoms with Gasteiger partial charge in [-0.1, -0.05) is 26.2 Å². The number of hydrogen-bond donors (Lipinski definition) is 2. The summed E-state index contributed by atoms with van der Waals surface area (Å²) in [5, 5.41) is 7.84. The molecule has 0 aliphatic carbocycles. The van der Waals surface area contributed by atoms with Crippen LogP contribution in [0.5, 0.6) is 0 Å². The monoisotopic (exact) mass is 320 g/mol.